The fourth-order valence-corrected chi connectivity index (χ4v) is 4.18. The van der Waals surface area contributed by atoms with Crippen LogP contribution in [0.25, 0.3) is 54.9 Å². The normalized spacial score (nSPS) is 11.8. The molecule has 3 nitrogen and oxygen atoms in total. The molecule has 0 aliphatic carbocycles. The molecule has 0 saturated heterocycles. The first-order chi connectivity index (χ1) is 13.8. The van der Waals surface area contributed by atoms with Crippen molar-refractivity contribution in [3.05, 3.63) is 84.1 Å². The molecule has 0 bridgehead atoms. The number of halogens is 1. The first kappa shape index (κ1) is 15.6. The summed E-state index contributed by atoms with van der Waals surface area (Å²) >= 11 is 6.25. The van der Waals surface area contributed by atoms with Crippen LogP contribution in [0.15, 0.2) is 83.3 Å². The van der Waals surface area contributed by atoms with Gasteiger partial charge in [0.1, 0.15) is 11.2 Å². The summed E-state index contributed by atoms with van der Waals surface area (Å²) in [5.41, 5.74) is 4.37. The highest BCUT2D eigenvalue weighted by Gasteiger charge is 2.17. The molecule has 0 radical (unpaired) electrons. The summed E-state index contributed by atoms with van der Waals surface area (Å²) in [5, 5.41) is 5.59. The number of hydrogen-bond donors (Lipinski definition) is 0. The lowest BCUT2D eigenvalue weighted by molar-refractivity contribution is 0.673. The molecule has 2 aromatic heterocycles. The highest BCUT2D eigenvalue weighted by Crippen LogP contribution is 2.40. The summed E-state index contributed by atoms with van der Waals surface area (Å²) in [7, 11) is 0. The molecule has 6 aromatic rings. The Morgan fingerprint density at radius 2 is 1.50 bits per heavy atom. The van der Waals surface area contributed by atoms with Crippen LogP contribution in [-0.4, -0.2) is 9.97 Å². The molecular weight excluding hydrogens is 368 g/mol. The van der Waals surface area contributed by atoms with Gasteiger partial charge >= 0.3 is 0 Å². The largest absolute Gasteiger partial charge is 0.455 e. The number of nitrogens with zero attached hydrogens (tertiary/aromatic N) is 2. The van der Waals surface area contributed by atoms with Gasteiger partial charge in [-0.2, -0.15) is 0 Å². The van der Waals surface area contributed by atoms with Crippen LogP contribution in [-0.2, 0) is 0 Å². The Balaban J connectivity index is 1.79. The van der Waals surface area contributed by atoms with E-state index in [0.717, 1.165) is 54.9 Å². The summed E-state index contributed by atoms with van der Waals surface area (Å²) in [6.45, 7) is 0. The van der Waals surface area contributed by atoms with Gasteiger partial charge in [-0.15, -0.1) is 0 Å². The average Bonchev–Trinajstić information content (AvgIpc) is 3.12. The van der Waals surface area contributed by atoms with Crippen LogP contribution >= 0.6 is 11.6 Å². The molecule has 0 atom stereocenters. The van der Waals surface area contributed by atoms with Crippen LogP contribution in [0, 0.1) is 0 Å². The van der Waals surface area contributed by atoms with Crippen molar-refractivity contribution >= 4 is 55.2 Å². The standard InChI is InChI=1S/C24H13ClN2O/c25-24-26-19-10-4-3-8-16(19)22(27-24)17-9-5-11-20-21(17)18-13-12-14-6-1-2-7-15(14)23(18)28-20/h1-13H. The van der Waals surface area contributed by atoms with E-state index in [1.807, 2.05) is 48.5 Å². The van der Waals surface area contributed by atoms with E-state index < -0.39 is 0 Å². The maximum Gasteiger partial charge on any atom is 0.223 e. The highest BCUT2D eigenvalue weighted by atomic mass is 35.5. The van der Waals surface area contributed by atoms with Crippen molar-refractivity contribution in [2.24, 2.45) is 0 Å². The van der Waals surface area contributed by atoms with Crippen molar-refractivity contribution in [2.45, 2.75) is 0 Å². The summed E-state index contributed by atoms with van der Waals surface area (Å²) in [6, 6.07) is 26.5. The smallest absolute Gasteiger partial charge is 0.223 e. The third kappa shape index (κ3) is 2.17. The number of rotatable bonds is 1. The molecule has 4 aromatic carbocycles. The van der Waals surface area contributed by atoms with E-state index in [9.17, 15) is 0 Å². The van der Waals surface area contributed by atoms with Crippen molar-refractivity contribution in [3.8, 4) is 11.3 Å². The van der Waals surface area contributed by atoms with E-state index in [1.165, 1.54) is 0 Å². The SMILES string of the molecule is Clc1nc(-c2cccc3oc4c5ccccc5ccc4c23)c2ccccc2n1. The number of furan rings is 1. The number of hydrogen-bond acceptors (Lipinski definition) is 3. The Morgan fingerprint density at radius 1 is 0.679 bits per heavy atom. The lowest BCUT2D eigenvalue weighted by Gasteiger charge is -2.07. The summed E-state index contributed by atoms with van der Waals surface area (Å²) in [5.74, 6) is 0. The van der Waals surface area contributed by atoms with Gasteiger partial charge in [0, 0.05) is 27.1 Å². The summed E-state index contributed by atoms with van der Waals surface area (Å²) < 4.78 is 6.29. The molecular formula is C24H13ClN2O. The monoisotopic (exact) mass is 380 g/mol. The topological polar surface area (TPSA) is 38.9 Å². The minimum Gasteiger partial charge on any atom is -0.455 e. The minimum absolute atomic E-state index is 0.240. The van der Waals surface area contributed by atoms with Gasteiger partial charge < -0.3 is 4.42 Å². The van der Waals surface area contributed by atoms with Crippen molar-refractivity contribution < 1.29 is 4.42 Å². The minimum atomic E-state index is 0.240. The molecule has 4 heteroatoms. The van der Waals surface area contributed by atoms with E-state index >= 15 is 0 Å². The third-order valence-electron chi connectivity index (χ3n) is 5.22. The zero-order valence-electron chi connectivity index (χ0n) is 14.7. The Hall–Kier alpha value is -3.43. The second-order valence-electron chi connectivity index (χ2n) is 6.80. The van der Waals surface area contributed by atoms with E-state index in [2.05, 4.69) is 40.3 Å². The number of para-hydroxylation sites is 1. The third-order valence-corrected chi connectivity index (χ3v) is 5.39. The van der Waals surface area contributed by atoms with Gasteiger partial charge in [0.2, 0.25) is 5.28 Å². The van der Waals surface area contributed by atoms with Gasteiger partial charge in [-0.25, -0.2) is 9.97 Å². The summed E-state index contributed by atoms with van der Waals surface area (Å²) in [4.78, 5) is 8.95. The number of benzene rings is 4. The fourth-order valence-electron chi connectivity index (χ4n) is 4.00. The van der Waals surface area contributed by atoms with Crippen molar-refractivity contribution in [1.29, 1.82) is 0 Å². The molecule has 28 heavy (non-hydrogen) atoms. The number of fused-ring (bicyclic) bond motifs is 6. The van der Waals surface area contributed by atoms with Gasteiger partial charge in [0.25, 0.3) is 0 Å². The van der Waals surface area contributed by atoms with E-state index in [1.54, 1.807) is 0 Å². The fraction of sp³-hybridized carbons (Fsp3) is 0. The van der Waals surface area contributed by atoms with Crippen LogP contribution in [0.3, 0.4) is 0 Å². The lowest BCUT2D eigenvalue weighted by Crippen LogP contribution is -1.91. The molecule has 0 amide bonds. The summed E-state index contributed by atoms with van der Waals surface area (Å²) in [6.07, 6.45) is 0. The zero-order chi connectivity index (χ0) is 18.7. The molecule has 0 aliphatic heterocycles. The van der Waals surface area contributed by atoms with Gasteiger partial charge in [-0.3, -0.25) is 0 Å². The molecule has 6 rings (SSSR count). The van der Waals surface area contributed by atoms with Crippen LogP contribution < -0.4 is 0 Å². The molecule has 132 valence electrons. The first-order valence-electron chi connectivity index (χ1n) is 9.05. The van der Waals surface area contributed by atoms with Gasteiger partial charge in [0.15, 0.2) is 0 Å². The van der Waals surface area contributed by atoms with E-state index in [0.29, 0.717) is 0 Å². The second kappa shape index (κ2) is 5.78. The first-order valence-corrected chi connectivity index (χ1v) is 9.43. The van der Waals surface area contributed by atoms with Crippen molar-refractivity contribution in [2.75, 3.05) is 0 Å². The number of aromatic nitrogens is 2. The predicted molar refractivity (Wildman–Crippen MR) is 115 cm³/mol. The Kier molecular flexibility index (Phi) is 3.22. The van der Waals surface area contributed by atoms with Crippen LogP contribution in [0.1, 0.15) is 0 Å². The Morgan fingerprint density at radius 3 is 2.43 bits per heavy atom. The quantitative estimate of drug-likeness (QED) is 0.288. The predicted octanol–water partition coefficient (Wildman–Crippen LogP) is 7.00. The molecule has 0 aliphatic rings. The molecule has 0 fully saturated rings. The maximum absolute atomic E-state index is 6.29. The van der Waals surface area contributed by atoms with Gasteiger partial charge in [-0.1, -0.05) is 60.7 Å². The average molecular weight is 381 g/mol. The molecule has 0 N–H and O–H groups in total. The van der Waals surface area contributed by atoms with Gasteiger partial charge in [0.05, 0.1) is 11.2 Å². The Bertz CT molecular complexity index is 1530. The van der Waals surface area contributed by atoms with Crippen LogP contribution in [0.5, 0.6) is 0 Å². The molecule has 0 saturated carbocycles. The molecule has 2 heterocycles. The van der Waals surface area contributed by atoms with Crippen molar-refractivity contribution in [3.63, 3.8) is 0 Å². The zero-order valence-corrected chi connectivity index (χ0v) is 15.4. The van der Waals surface area contributed by atoms with E-state index in [4.69, 9.17) is 16.0 Å². The second-order valence-corrected chi connectivity index (χ2v) is 7.14. The molecule has 0 spiro atoms. The van der Waals surface area contributed by atoms with Crippen molar-refractivity contribution in [1.82, 2.24) is 9.97 Å². The maximum atomic E-state index is 6.29. The Labute approximate surface area is 165 Å². The van der Waals surface area contributed by atoms with Gasteiger partial charge in [-0.05, 0) is 35.2 Å². The highest BCUT2D eigenvalue weighted by molar-refractivity contribution is 6.29. The van der Waals surface area contributed by atoms with Crippen LogP contribution in [0.2, 0.25) is 5.28 Å². The lowest BCUT2D eigenvalue weighted by atomic mass is 9.99. The van der Waals surface area contributed by atoms with Crippen LogP contribution in [0.4, 0.5) is 0 Å². The molecule has 0 unspecified atom stereocenters. The van der Waals surface area contributed by atoms with E-state index in [-0.39, 0.29) is 5.28 Å².